The summed E-state index contributed by atoms with van der Waals surface area (Å²) in [5.41, 5.74) is 5.54. The van der Waals surface area contributed by atoms with E-state index in [1.165, 1.54) is 6.34 Å². The molecule has 6 nitrogen and oxygen atoms in total. The first kappa shape index (κ1) is 11.7. The van der Waals surface area contributed by atoms with Crippen LogP contribution in [0.25, 0.3) is 0 Å². The van der Waals surface area contributed by atoms with Crippen molar-refractivity contribution in [3.05, 3.63) is 0 Å². The highest BCUT2D eigenvalue weighted by atomic mass is 16.4. The van der Waals surface area contributed by atoms with Gasteiger partial charge in [-0.3, -0.25) is 4.79 Å². The quantitative estimate of drug-likeness (QED) is 0.215. The fourth-order valence-electron chi connectivity index (χ4n) is 0.867. The van der Waals surface area contributed by atoms with Crippen molar-refractivity contribution in [3.63, 3.8) is 0 Å². The van der Waals surface area contributed by atoms with E-state index in [-0.39, 0.29) is 12.5 Å². The van der Waals surface area contributed by atoms with Gasteiger partial charge in [-0.15, -0.1) is 0 Å². The van der Waals surface area contributed by atoms with Crippen LogP contribution in [0.2, 0.25) is 0 Å². The third kappa shape index (κ3) is 7.07. The number of rotatable bonds is 6. The van der Waals surface area contributed by atoms with Crippen molar-refractivity contribution >= 4 is 12.3 Å². The summed E-state index contributed by atoms with van der Waals surface area (Å²) < 4.78 is 0. The van der Waals surface area contributed by atoms with Crippen molar-refractivity contribution in [1.82, 2.24) is 4.90 Å². The van der Waals surface area contributed by atoms with Crippen molar-refractivity contribution in [3.8, 4) is 0 Å². The van der Waals surface area contributed by atoms with Crippen molar-refractivity contribution < 1.29 is 9.90 Å². The third-order valence-corrected chi connectivity index (χ3v) is 1.55. The first-order valence-electron chi connectivity index (χ1n) is 3.97. The number of hydrogen-bond acceptors (Lipinski definition) is 4. The zero-order chi connectivity index (χ0) is 10.3. The molecule has 0 radical (unpaired) electrons. The van der Waals surface area contributed by atoms with E-state index in [2.05, 4.69) is 5.10 Å². The zero-order valence-corrected chi connectivity index (χ0v) is 7.68. The maximum Gasteiger partial charge on any atom is 0.304 e. The smallest absolute Gasteiger partial charge is 0.304 e. The van der Waals surface area contributed by atoms with Crippen LogP contribution >= 0.6 is 0 Å². The Hall–Kier alpha value is -1.30. The number of carboxylic acid groups (broad SMARTS) is 1. The summed E-state index contributed by atoms with van der Waals surface area (Å²) in [5.74, 6) is 4.05. The fourth-order valence-corrected chi connectivity index (χ4v) is 0.867. The first-order chi connectivity index (χ1) is 6.06. The predicted molar refractivity (Wildman–Crippen MR) is 50.2 cm³/mol. The van der Waals surface area contributed by atoms with Gasteiger partial charge in [-0.1, -0.05) is 0 Å². The van der Waals surface area contributed by atoms with E-state index in [0.29, 0.717) is 13.0 Å². The second kappa shape index (κ2) is 6.24. The highest BCUT2D eigenvalue weighted by molar-refractivity contribution is 5.67. The standard InChI is InChI=1S/C7H16N4O2/c1-11(5-10-9)3-2-6(8)4-7(12)13/h5-6H,2-4,8-9H2,1H3,(H,12,13). The van der Waals surface area contributed by atoms with E-state index in [0.717, 1.165) is 0 Å². The second-order valence-electron chi connectivity index (χ2n) is 2.89. The molecule has 0 saturated carbocycles. The summed E-state index contributed by atoms with van der Waals surface area (Å²) in [6, 6.07) is -0.314. The minimum atomic E-state index is -0.873. The van der Waals surface area contributed by atoms with Gasteiger partial charge >= 0.3 is 5.97 Å². The average Bonchev–Trinajstić information content (AvgIpc) is 2.00. The van der Waals surface area contributed by atoms with E-state index in [1.54, 1.807) is 11.9 Å². The third-order valence-electron chi connectivity index (χ3n) is 1.55. The Bertz CT molecular complexity index is 183. The van der Waals surface area contributed by atoms with Gasteiger partial charge in [0, 0.05) is 19.6 Å². The zero-order valence-electron chi connectivity index (χ0n) is 7.68. The first-order valence-corrected chi connectivity index (χ1v) is 3.97. The minimum Gasteiger partial charge on any atom is -0.481 e. The molecule has 0 aromatic carbocycles. The largest absolute Gasteiger partial charge is 0.481 e. The molecule has 1 atom stereocenters. The van der Waals surface area contributed by atoms with E-state index >= 15 is 0 Å². The van der Waals surface area contributed by atoms with Gasteiger partial charge in [0.15, 0.2) is 0 Å². The molecule has 0 rings (SSSR count). The molecule has 0 spiro atoms. The summed E-state index contributed by atoms with van der Waals surface area (Å²) in [6.45, 7) is 0.648. The van der Waals surface area contributed by atoms with Crippen LogP contribution in [0.3, 0.4) is 0 Å². The molecule has 76 valence electrons. The minimum absolute atomic E-state index is 0.00634. The molecule has 0 aliphatic carbocycles. The molecule has 0 aliphatic heterocycles. The van der Waals surface area contributed by atoms with Crippen molar-refractivity contribution in [2.45, 2.75) is 18.9 Å². The topological polar surface area (TPSA) is 105 Å². The highest BCUT2D eigenvalue weighted by Crippen LogP contribution is 1.95. The number of hydrogen-bond donors (Lipinski definition) is 3. The Balaban J connectivity index is 3.57. The lowest BCUT2D eigenvalue weighted by Crippen LogP contribution is -2.29. The lowest BCUT2D eigenvalue weighted by Gasteiger charge is -2.15. The Kier molecular flexibility index (Phi) is 5.62. The Labute approximate surface area is 77.2 Å². The van der Waals surface area contributed by atoms with E-state index in [9.17, 15) is 4.79 Å². The summed E-state index contributed by atoms with van der Waals surface area (Å²) in [4.78, 5) is 12.0. The number of carbonyl (C=O) groups is 1. The Morgan fingerprint density at radius 2 is 2.38 bits per heavy atom. The normalized spacial score (nSPS) is 13.1. The lowest BCUT2D eigenvalue weighted by molar-refractivity contribution is -0.137. The highest BCUT2D eigenvalue weighted by Gasteiger charge is 2.07. The van der Waals surface area contributed by atoms with E-state index in [1.807, 2.05) is 0 Å². The van der Waals surface area contributed by atoms with Gasteiger partial charge in [0.05, 0.1) is 6.42 Å². The van der Waals surface area contributed by atoms with Crippen LogP contribution in [0.4, 0.5) is 0 Å². The van der Waals surface area contributed by atoms with Crippen molar-refractivity contribution in [2.75, 3.05) is 13.6 Å². The lowest BCUT2D eigenvalue weighted by atomic mass is 10.1. The molecule has 0 amide bonds. The monoisotopic (exact) mass is 188 g/mol. The summed E-state index contributed by atoms with van der Waals surface area (Å²) in [5, 5.41) is 11.7. The van der Waals surface area contributed by atoms with E-state index in [4.69, 9.17) is 16.7 Å². The summed E-state index contributed by atoms with van der Waals surface area (Å²) >= 11 is 0. The second-order valence-corrected chi connectivity index (χ2v) is 2.89. The molecular weight excluding hydrogens is 172 g/mol. The van der Waals surface area contributed by atoms with Gasteiger partial charge in [0.25, 0.3) is 0 Å². The molecule has 0 heterocycles. The number of nitrogens with zero attached hydrogens (tertiary/aromatic N) is 2. The van der Waals surface area contributed by atoms with Crippen LogP contribution in [0.15, 0.2) is 5.10 Å². The van der Waals surface area contributed by atoms with Gasteiger partial charge in [0.1, 0.15) is 6.34 Å². The number of carboxylic acids is 1. The average molecular weight is 188 g/mol. The SMILES string of the molecule is CN(C=NN)CCC(N)CC(=O)O. The van der Waals surface area contributed by atoms with Crippen LogP contribution in [0.5, 0.6) is 0 Å². The summed E-state index contributed by atoms with van der Waals surface area (Å²) in [7, 11) is 1.80. The molecule has 5 N–H and O–H groups in total. The van der Waals surface area contributed by atoms with Crippen LogP contribution in [-0.4, -0.2) is 41.9 Å². The summed E-state index contributed by atoms with van der Waals surface area (Å²) in [6.07, 6.45) is 2.07. The molecule has 0 bridgehead atoms. The fraction of sp³-hybridized carbons (Fsp3) is 0.714. The molecule has 6 heteroatoms. The van der Waals surface area contributed by atoms with Gasteiger partial charge in [-0.05, 0) is 6.42 Å². The van der Waals surface area contributed by atoms with Gasteiger partial charge < -0.3 is 21.6 Å². The number of aliphatic carboxylic acids is 1. The molecule has 0 fully saturated rings. The van der Waals surface area contributed by atoms with Crippen LogP contribution < -0.4 is 11.6 Å². The maximum absolute atomic E-state index is 10.2. The van der Waals surface area contributed by atoms with Crippen molar-refractivity contribution in [1.29, 1.82) is 0 Å². The van der Waals surface area contributed by atoms with E-state index < -0.39 is 5.97 Å². The van der Waals surface area contributed by atoms with Crippen LogP contribution in [0, 0.1) is 0 Å². The molecule has 0 aromatic heterocycles. The van der Waals surface area contributed by atoms with Gasteiger partial charge in [-0.2, -0.15) is 5.10 Å². The molecule has 13 heavy (non-hydrogen) atoms. The predicted octanol–water partition coefficient (Wildman–Crippen LogP) is -0.988. The molecule has 0 aromatic rings. The number of hydrazone groups is 1. The Morgan fingerprint density at radius 3 is 2.85 bits per heavy atom. The van der Waals surface area contributed by atoms with Crippen LogP contribution in [0.1, 0.15) is 12.8 Å². The molecule has 1 unspecified atom stereocenters. The van der Waals surface area contributed by atoms with Crippen LogP contribution in [-0.2, 0) is 4.79 Å². The molecule has 0 saturated heterocycles. The van der Waals surface area contributed by atoms with Crippen molar-refractivity contribution in [2.24, 2.45) is 16.7 Å². The Morgan fingerprint density at radius 1 is 1.77 bits per heavy atom. The maximum atomic E-state index is 10.2. The van der Waals surface area contributed by atoms with Gasteiger partial charge in [0.2, 0.25) is 0 Å². The number of nitrogens with two attached hydrogens (primary N) is 2. The molecular formula is C7H16N4O2. The van der Waals surface area contributed by atoms with Gasteiger partial charge in [-0.25, -0.2) is 0 Å². The molecule has 0 aliphatic rings.